The number of hydrogen-bond donors (Lipinski definition) is 0. The molecule has 1 aromatic rings. The summed E-state index contributed by atoms with van der Waals surface area (Å²) >= 11 is 11.8. The molecular weight excluding hydrogens is 203 g/mol. The summed E-state index contributed by atoms with van der Waals surface area (Å²) in [7, 11) is 0. The van der Waals surface area contributed by atoms with Gasteiger partial charge in [0.05, 0.1) is 5.41 Å². The van der Waals surface area contributed by atoms with Gasteiger partial charge in [-0.25, -0.2) is 0 Å². The smallest absolute Gasteiger partial charge is 0.0576 e. The van der Waals surface area contributed by atoms with Gasteiger partial charge in [-0.05, 0) is 30.5 Å². The van der Waals surface area contributed by atoms with Gasteiger partial charge in [0.2, 0.25) is 0 Å². The molecule has 0 unspecified atom stereocenters. The molecule has 0 atom stereocenters. The van der Waals surface area contributed by atoms with Gasteiger partial charge >= 0.3 is 0 Å². The highest BCUT2D eigenvalue weighted by Gasteiger charge is 2.43. The molecule has 13 heavy (non-hydrogen) atoms. The van der Waals surface area contributed by atoms with Crippen molar-refractivity contribution in [2.75, 3.05) is 0 Å². The van der Waals surface area contributed by atoms with Crippen LogP contribution in [0.15, 0.2) is 18.2 Å². The summed E-state index contributed by atoms with van der Waals surface area (Å²) < 4.78 is 0. The van der Waals surface area contributed by atoms with E-state index in [4.69, 9.17) is 29.6 Å². The zero-order valence-electron chi connectivity index (χ0n) is 6.98. The third-order valence-corrected chi connectivity index (χ3v) is 3.02. The van der Waals surface area contributed by atoms with Gasteiger partial charge < -0.3 is 0 Å². The zero-order valence-corrected chi connectivity index (χ0v) is 8.49. The van der Waals surface area contributed by atoms with E-state index in [1.165, 1.54) is 0 Å². The Hall–Kier alpha value is -0.640. The molecule has 2 rings (SSSR count). The minimum absolute atomic E-state index is 0.0956. The molecule has 0 nitrogen and oxygen atoms in total. The van der Waals surface area contributed by atoms with Crippen molar-refractivity contribution in [2.45, 2.75) is 18.3 Å². The Morgan fingerprint density at radius 1 is 1.31 bits per heavy atom. The van der Waals surface area contributed by atoms with Crippen molar-refractivity contribution < 1.29 is 0 Å². The first-order chi connectivity index (χ1) is 6.18. The molecule has 1 aliphatic rings. The van der Waals surface area contributed by atoms with E-state index in [9.17, 15) is 0 Å². The predicted octanol–water partition coefficient (Wildman–Crippen LogP) is 3.66. The molecule has 0 radical (unpaired) electrons. The molecule has 66 valence electrons. The second-order valence-corrected chi connectivity index (χ2v) is 4.19. The van der Waals surface area contributed by atoms with Gasteiger partial charge in [-0.15, -0.1) is 6.42 Å². The summed E-state index contributed by atoms with van der Waals surface area (Å²) in [5.41, 5.74) is 0.947. The first-order valence-electron chi connectivity index (χ1n) is 4.11. The van der Waals surface area contributed by atoms with Crippen LogP contribution in [0.5, 0.6) is 0 Å². The van der Waals surface area contributed by atoms with E-state index in [0.717, 1.165) is 18.4 Å². The molecule has 0 amide bonds. The quantitative estimate of drug-likeness (QED) is 0.622. The molecule has 1 aliphatic carbocycles. The molecule has 0 N–H and O–H groups in total. The Kier molecular flexibility index (Phi) is 2.02. The normalized spacial score (nSPS) is 17.9. The SMILES string of the molecule is C#CC1(c2ccc(Cl)cc2Cl)CC1. The van der Waals surface area contributed by atoms with Gasteiger partial charge in [0, 0.05) is 10.0 Å². The van der Waals surface area contributed by atoms with Crippen LogP contribution in [0.3, 0.4) is 0 Å². The second kappa shape index (κ2) is 2.94. The number of terminal acetylenes is 1. The van der Waals surface area contributed by atoms with E-state index in [-0.39, 0.29) is 5.41 Å². The largest absolute Gasteiger partial charge is 0.119 e. The van der Waals surface area contributed by atoms with Gasteiger partial charge in [0.25, 0.3) is 0 Å². The van der Waals surface area contributed by atoms with E-state index in [2.05, 4.69) is 5.92 Å². The van der Waals surface area contributed by atoms with Crippen molar-refractivity contribution >= 4 is 23.2 Å². The first kappa shape index (κ1) is 8.94. The minimum atomic E-state index is -0.0956. The third-order valence-electron chi connectivity index (χ3n) is 2.47. The Morgan fingerprint density at radius 2 is 2.00 bits per heavy atom. The van der Waals surface area contributed by atoms with E-state index >= 15 is 0 Å². The van der Waals surface area contributed by atoms with E-state index < -0.39 is 0 Å². The first-order valence-corrected chi connectivity index (χ1v) is 4.87. The third kappa shape index (κ3) is 1.43. The fourth-order valence-corrected chi connectivity index (χ4v) is 2.08. The number of hydrogen-bond acceptors (Lipinski definition) is 0. The van der Waals surface area contributed by atoms with Crippen LogP contribution in [0.2, 0.25) is 10.0 Å². The van der Waals surface area contributed by atoms with Gasteiger partial charge in [-0.1, -0.05) is 35.2 Å². The van der Waals surface area contributed by atoms with Crippen LogP contribution >= 0.6 is 23.2 Å². The Bertz CT molecular complexity index is 384. The standard InChI is InChI=1S/C11H8Cl2/c1-2-11(5-6-11)9-4-3-8(12)7-10(9)13/h1,3-4,7H,5-6H2. The van der Waals surface area contributed by atoms with Crippen LogP contribution in [0, 0.1) is 12.3 Å². The predicted molar refractivity (Wildman–Crippen MR) is 56.2 cm³/mol. The van der Waals surface area contributed by atoms with Crippen molar-refractivity contribution in [3.63, 3.8) is 0 Å². The molecule has 0 aliphatic heterocycles. The molecule has 1 saturated carbocycles. The average molecular weight is 211 g/mol. The van der Waals surface area contributed by atoms with Crippen molar-refractivity contribution in [1.29, 1.82) is 0 Å². The van der Waals surface area contributed by atoms with E-state index in [1.807, 2.05) is 12.1 Å². The average Bonchev–Trinajstić information content (AvgIpc) is 2.85. The summed E-state index contributed by atoms with van der Waals surface area (Å²) in [6.45, 7) is 0. The summed E-state index contributed by atoms with van der Waals surface area (Å²) in [6, 6.07) is 5.51. The number of rotatable bonds is 1. The van der Waals surface area contributed by atoms with Crippen molar-refractivity contribution in [1.82, 2.24) is 0 Å². The lowest BCUT2D eigenvalue weighted by Crippen LogP contribution is -2.02. The van der Waals surface area contributed by atoms with Crippen molar-refractivity contribution in [2.24, 2.45) is 0 Å². The summed E-state index contributed by atoms with van der Waals surface area (Å²) in [4.78, 5) is 0. The molecule has 0 bridgehead atoms. The fourth-order valence-electron chi connectivity index (χ4n) is 1.49. The lowest BCUT2D eigenvalue weighted by Gasteiger charge is -2.09. The van der Waals surface area contributed by atoms with Gasteiger partial charge in [0.1, 0.15) is 0 Å². The molecular formula is C11H8Cl2. The lowest BCUT2D eigenvalue weighted by atomic mass is 9.97. The summed E-state index contributed by atoms with van der Waals surface area (Å²) in [6.07, 6.45) is 7.53. The van der Waals surface area contributed by atoms with Crippen LogP contribution in [0.25, 0.3) is 0 Å². The number of benzene rings is 1. The maximum Gasteiger partial charge on any atom is 0.0576 e. The Morgan fingerprint density at radius 3 is 2.46 bits per heavy atom. The van der Waals surface area contributed by atoms with Crippen molar-refractivity contribution in [3.05, 3.63) is 33.8 Å². The van der Waals surface area contributed by atoms with Gasteiger partial charge in [0.15, 0.2) is 0 Å². The maximum atomic E-state index is 6.05. The topological polar surface area (TPSA) is 0 Å². The fraction of sp³-hybridized carbons (Fsp3) is 0.273. The molecule has 1 aromatic carbocycles. The monoisotopic (exact) mass is 210 g/mol. The molecule has 2 heteroatoms. The van der Waals surface area contributed by atoms with E-state index in [0.29, 0.717) is 10.0 Å². The van der Waals surface area contributed by atoms with E-state index in [1.54, 1.807) is 6.07 Å². The second-order valence-electron chi connectivity index (χ2n) is 3.35. The van der Waals surface area contributed by atoms with Crippen LogP contribution < -0.4 is 0 Å². The Labute approximate surface area is 87.9 Å². The van der Waals surface area contributed by atoms with Crippen LogP contribution in [0.4, 0.5) is 0 Å². The highest BCUT2D eigenvalue weighted by molar-refractivity contribution is 6.35. The van der Waals surface area contributed by atoms with Crippen LogP contribution in [-0.2, 0) is 5.41 Å². The minimum Gasteiger partial charge on any atom is -0.119 e. The number of halogens is 2. The Balaban J connectivity index is 2.48. The van der Waals surface area contributed by atoms with Gasteiger partial charge in [-0.3, -0.25) is 0 Å². The van der Waals surface area contributed by atoms with Crippen LogP contribution in [-0.4, -0.2) is 0 Å². The highest BCUT2D eigenvalue weighted by Crippen LogP contribution is 2.50. The van der Waals surface area contributed by atoms with Crippen LogP contribution in [0.1, 0.15) is 18.4 Å². The summed E-state index contributed by atoms with van der Waals surface area (Å²) in [5.74, 6) is 2.80. The maximum absolute atomic E-state index is 6.05. The molecule has 1 fully saturated rings. The van der Waals surface area contributed by atoms with Crippen molar-refractivity contribution in [3.8, 4) is 12.3 Å². The molecule has 0 aromatic heterocycles. The molecule has 0 spiro atoms. The molecule has 0 saturated heterocycles. The zero-order chi connectivity index (χ0) is 9.47. The molecule has 0 heterocycles. The summed E-state index contributed by atoms with van der Waals surface area (Å²) in [5, 5.41) is 1.34. The van der Waals surface area contributed by atoms with Gasteiger partial charge in [-0.2, -0.15) is 0 Å². The lowest BCUT2D eigenvalue weighted by molar-refractivity contribution is 0.931. The highest BCUT2D eigenvalue weighted by atomic mass is 35.5.